The number of aliphatic hydroxyl groups excluding tert-OH is 6. The Hall–Kier alpha value is -1.48. The Morgan fingerprint density at radius 1 is 0.536 bits per heavy atom. The minimum Gasteiger partial charge on any atom is -0.456 e. The van der Waals surface area contributed by atoms with Crippen LogP contribution < -0.4 is 0 Å². The van der Waals surface area contributed by atoms with Gasteiger partial charge >= 0.3 is 5.97 Å². The van der Waals surface area contributed by atoms with Gasteiger partial charge in [-0.25, -0.2) is 4.79 Å². The highest BCUT2D eigenvalue weighted by Crippen LogP contribution is 2.36. The standard InChI is InChI=1S/C57H106O12/c1-7-9-11-13-15-17-19-21-23-24-26-28-30-32-34-42(3)36-43(4)37-44(5)38-45(6)55(65)68-54-47(39-46(60)35-33-31-29-27-25-22-20-18-16-14-12-10-8-2)56(66-49(41-59)51(54)62)69-57-53(64)52(63)50(61)48(40-58)67-57/h38,42-44,47-54,56-59,61-64H,7-37,39-41H2,1-6H3/b45-38+/t42-,43-,44-,47?,48?,49?,50?,51?,52?,53?,54?,56?,57?/m0/s1. The summed E-state index contributed by atoms with van der Waals surface area (Å²) < 4.78 is 23.7. The molecular weight excluding hydrogens is 877 g/mol. The summed E-state index contributed by atoms with van der Waals surface area (Å²) in [6, 6.07) is 0. The third-order valence-corrected chi connectivity index (χ3v) is 14.8. The number of Topliss-reactive ketones (excluding diaryl/α,β-unsaturated/α-hetero) is 1. The van der Waals surface area contributed by atoms with Crippen LogP contribution in [0.2, 0.25) is 0 Å². The van der Waals surface area contributed by atoms with Crippen molar-refractivity contribution in [3.05, 3.63) is 11.6 Å². The molecule has 12 heteroatoms. The zero-order valence-corrected chi connectivity index (χ0v) is 44.8. The van der Waals surface area contributed by atoms with Gasteiger partial charge in [0.1, 0.15) is 48.5 Å². The SMILES string of the molecule is CCCCCCCCCCCCCCCC[C@H](C)C[C@H](C)C[C@H](C)/C=C(\C)C(=O)OC1C(O)C(CO)OC(OC2OC(CO)C(O)C(O)C2O)C1CC(=O)CCCCCCCCCCCCCCC. The number of allylic oxidation sites excluding steroid dienone is 1. The fourth-order valence-corrected chi connectivity index (χ4v) is 10.6. The molecule has 12 nitrogen and oxygen atoms in total. The number of hydrogen-bond donors (Lipinski definition) is 6. The molecule has 6 N–H and O–H groups in total. The van der Waals surface area contributed by atoms with Gasteiger partial charge in [0.15, 0.2) is 12.6 Å². The van der Waals surface area contributed by atoms with Crippen molar-refractivity contribution >= 4 is 11.8 Å². The molecule has 0 radical (unpaired) electrons. The largest absolute Gasteiger partial charge is 0.456 e. The Morgan fingerprint density at radius 2 is 0.971 bits per heavy atom. The van der Waals surface area contributed by atoms with Crippen LogP contribution in [0.4, 0.5) is 0 Å². The van der Waals surface area contributed by atoms with E-state index in [-0.39, 0.29) is 24.5 Å². The summed E-state index contributed by atoms with van der Waals surface area (Å²) in [6.07, 6.45) is 25.8. The Labute approximate surface area is 420 Å². The molecule has 0 aromatic heterocycles. The third kappa shape index (κ3) is 26.9. The van der Waals surface area contributed by atoms with Crippen LogP contribution in [0.25, 0.3) is 0 Å². The van der Waals surface area contributed by atoms with Crippen molar-refractivity contribution in [1.29, 1.82) is 0 Å². The van der Waals surface area contributed by atoms with E-state index in [9.17, 15) is 40.2 Å². The molecule has 406 valence electrons. The molecular formula is C57H106O12. The Morgan fingerprint density at radius 3 is 1.45 bits per heavy atom. The van der Waals surface area contributed by atoms with E-state index >= 15 is 0 Å². The van der Waals surface area contributed by atoms with Gasteiger partial charge in [0, 0.05) is 18.4 Å². The maximum absolute atomic E-state index is 13.8. The van der Waals surface area contributed by atoms with Crippen molar-refractivity contribution < 1.29 is 59.2 Å². The van der Waals surface area contributed by atoms with Crippen LogP contribution in [-0.4, -0.2) is 111 Å². The van der Waals surface area contributed by atoms with Crippen LogP contribution >= 0.6 is 0 Å². The number of esters is 1. The van der Waals surface area contributed by atoms with Gasteiger partial charge < -0.3 is 49.6 Å². The highest BCUT2D eigenvalue weighted by atomic mass is 16.8. The first-order valence-corrected chi connectivity index (χ1v) is 28.6. The number of ether oxygens (including phenoxy) is 4. The smallest absolute Gasteiger partial charge is 0.333 e. The molecule has 69 heavy (non-hydrogen) atoms. The van der Waals surface area contributed by atoms with Crippen LogP contribution in [0, 0.1) is 23.7 Å². The molecule has 13 atom stereocenters. The van der Waals surface area contributed by atoms with Gasteiger partial charge in [0.05, 0.1) is 19.1 Å². The first-order valence-electron chi connectivity index (χ1n) is 28.6. The average Bonchev–Trinajstić information content (AvgIpc) is 3.32. The van der Waals surface area contributed by atoms with E-state index < -0.39 is 80.4 Å². The maximum atomic E-state index is 13.8. The second kappa shape index (κ2) is 39.0. The summed E-state index contributed by atoms with van der Waals surface area (Å²) in [5.74, 6) is -0.765. The van der Waals surface area contributed by atoms with Crippen LogP contribution in [-0.2, 0) is 28.5 Å². The molecule has 10 unspecified atom stereocenters. The number of hydrogen-bond acceptors (Lipinski definition) is 12. The lowest BCUT2D eigenvalue weighted by Gasteiger charge is -2.46. The number of carbonyl (C=O) groups excluding carboxylic acids is 2. The first-order chi connectivity index (χ1) is 33.3. The van der Waals surface area contributed by atoms with Gasteiger partial charge in [-0.2, -0.15) is 0 Å². The zero-order chi connectivity index (χ0) is 50.8. The Balaban J connectivity index is 1.95. The predicted molar refractivity (Wildman–Crippen MR) is 275 cm³/mol. The minimum atomic E-state index is -1.77. The molecule has 0 aromatic rings. The molecule has 0 saturated carbocycles. The molecule has 2 aliphatic rings. The van der Waals surface area contributed by atoms with E-state index in [1.807, 2.05) is 6.08 Å². The van der Waals surface area contributed by atoms with Crippen molar-refractivity contribution in [3.63, 3.8) is 0 Å². The van der Waals surface area contributed by atoms with Gasteiger partial charge in [0.2, 0.25) is 0 Å². The van der Waals surface area contributed by atoms with Crippen molar-refractivity contribution in [1.82, 2.24) is 0 Å². The predicted octanol–water partition coefficient (Wildman–Crippen LogP) is 11.4. The first kappa shape index (κ1) is 63.6. The van der Waals surface area contributed by atoms with E-state index in [0.29, 0.717) is 23.8 Å². The average molecular weight is 983 g/mol. The lowest BCUT2D eigenvalue weighted by atomic mass is 9.85. The van der Waals surface area contributed by atoms with Crippen molar-refractivity contribution in [3.8, 4) is 0 Å². The molecule has 2 aliphatic heterocycles. The van der Waals surface area contributed by atoms with E-state index in [4.69, 9.17) is 18.9 Å². The van der Waals surface area contributed by atoms with Gasteiger partial charge in [-0.05, 0) is 43.9 Å². The molecule has 0 aromatic carbocycles. The van der Waals surface area contributed by atoms with Crippen LogP contribution in [0.3, 0.4) is 0 Å². The second-order valence-electron chi connectivity index (χ2n) is 21.7. The third-order valence-electron chi connectivity index (χ3n) is 14.8. The molecule has 2 rings (SSSR count). The van der Waals surface area contributed by atoms with Crippen LogP contribution in [0.15, 0.2) is 11.6 Å². The minimum absolute atomic E-state index is 0.0746. The summed E-state index contributed by atoms with van der Waals surface area (Å²) in [7, 11) is 0. The number of aliphatic hydroxyl groups is 6. The normalized spacial score (nSPS) is 26.8. The van der Waals surface area contributed by atoms with Gasteiger partial charge in [-0.3, -0.25) is 4.79 Å². The molecule has 2 saturated heterocycles. The summed E-state index contributed by atoms with van der Waals surface area (Å²) in [5.41, 5.74) is 0.354. The van der Waals surface area contributed by atoms with Gasteiger partial charge in [-0.15, -0.1) is 0 Å². The summed E-state index contributed by atoms with van der Waals surface area (Å²) in [4.78, 5) is 27.5. The second-order valence-corrected chi connectivity index (χ2v) is 21.7. The van der Waals surface area contributed by atoms with Crippen LogP contribution in [0.5, 0.6) is 0 Å². The zero-order valence-electron chi connectivity index (χ0n) is 44.8. The van der Waals surface area contributed by atoms with E-state index in [0.717, 1.165) is 32.1 Å². The molecule has 0 aliphatic carbocycles. The number of rotatable bonds is 42. The number of unbranched alkanes of at least 4 members (excludes halogenated alkanes) is 25. The monoisotopic (exact) mass is 983 g/mol. The lowest BCUT2D eigenvalue weighted by molar-refractivity contribution is -0.370. The van der Waals surface area contributed by atoms with E-state index in [1.165, 1.54) is 154 Å². The fourth-order valence-electron chi connectivity index (χ4n) is 10.6. The molecule has 0 spiro atoms. The lowest BCUT2D eigenvalue weighted by Crippen LogP contribution is -2.63. The number of carbonyl (C=O) groups is 2. The Kier molecular flexibility index (Phi) is 36.0. The van der Waals surface area contributed by atoms with Crippen molar-refractivity contribution in [2.75, 3.05) is 13.2 Å². The molecule has 0 amide bonds. The summed E-state index contributed by atoms with van der Waals surface area (Å²) >= 11 is 0. The van der Waals surface area contributed by atoms with Gasteiger partial charge in [0.25, 0.3) is 0 Å². The topological polar surface area (TPSA) is 192 Å². The van der Waals surface area contributed by atoms with E-state index in [2.05, 4.69) is 34.6 Å². The maximum Gasteiger partial charge on any atom is 0.333 e. The van der Waals surface area contributed by atoms with E-state index in [1.54, 1.807) is 6.92 Å². The molecule has 2 heterocycles. The molecule has 2 fully saturated rings. The van der Waals surface area contributed by atoms with Gasteiger partial charge in [-0.1, -0.05) is 214 Å². The van der Waals surface area contributed by atoms with Crippen LogP contribution in [0.1, 0.15) is 247 Å². The van der Waals surface area contributed by atoms with Crippen molar-refractivity contribution in [2.45, 2.75) is 302 Å². The summed E-state index contributed by atoms with van der Waals surface area (Å²) in [5, 5.41) is 63.3. The quantitative estimate of drug-likeness (QED) is 0.0193. The highest BCUT2D eigenvalue weighted by molar-refractivity contribution is 5.88. The van der Waals surface area contributed by atoms with Crippen molar-refractivity contribution in [2.24, 2.45) is 23.7 Å². The Bertz CT molecular complexity index is 1310. The molecule has 0 bridgehead atoms. The fraction of sp³-hybridized carbons (Fsp3) is 0.930. The number of ketones is 1. The summed E-state index contributed by atoms with van der Waals surface area (Å²) in [6.45, 7) is 11.5. The highest BCUT2D eigenvalue weighted by Gasteiger charge is 2.52.